The van der Waals surface area contributed by atoms with Crippen LogP contribution in [-0.2, 0) is 4.79 Å². The van der Waals surface area contributed by atoms with Crippen molar-refractivity contribution in [3.05, 3.63) is 85.1 Å². The van der Waals surface area contributed by atoms with E-state index < -0.39 is 12.1 Å². The molecule has 0 aromatic heterocycles. The minimum Gasteiger partial charge on any atom is -0.394 e. The molecule has 280 valence electrons. The van der Waals surface area contributed by atoms with Gasteiger partial charge in [-0.25, -0.2) is 0 Å². The molecule has 0 aromatic carbocycles. The van der Waals surface area contributed by atoms with E-state index in [4.69, 9.17) is 0 Å². The van der Waals surface area contributed by atoms with E-state index in [1.807, 2.05) is 6.08 Å². The summed E-state index contributed by atoms with van der Waals surface area (Å²) in [5.41, 5.74) is 0. The van der Waals surface area contributed by atoms with Gasteiger partial charge in [0, 0.05) is 6.42 Å². The fourth-order valence-corrected chi connectivity index (χ4v) is 5.51. The molecule has 0 rings (SSSR count). The number of aliphatic hydroxyl groups excluding tert-OH is 2. The van der Waals surface area contributed by atoms with Crippen LogP contribution < -0.4 is 5.32 Å². The number of unbranched alkanes of at least 4 members (excludes halogenated alkanes) is 16. The van der Waals surface area contributed by atoms with E-state index in [0.717, 1.165) is 64.2 Å². The molecule has 2 atom stereocenters. The van der Waals surface area contributed by atoms with E-state index in [-0.39, 0.29) is 12.5 Å². The standard InChI is InChI=1S/C45H77NO3/c1-3-5-7-9-11-13-15-16-17-18-19-20-21-22-23-24-25-26-27-28-29-30-31-33-35-37-39-41-45(49)46-43(42-47)44(48)40-38-36-34-32-14-12-10-8-6-4-2/h5,7,11,13-14,16-17,19-20,22-23,32,38,40,43-44,47-48H,3-4,6,8-10,12,15,18,21,24-31,33-37,39,41-42H2,1-2H3,(H,46,49)/b7-5-,13-11-,17-16-,20-19-,23-22-,32-14+,40-38+. The summed E-state index contributed by atoms with van der Waals surface area (Å²) >= 11 is 0. The van der Waals surface area contributed by atoms with Gasteiger partial charge < -0.3 is 15.5 Å². The van der Waals surface area contributed by atoms with Crippen molar-refractivity contribution in [2.24, 2.45) is 0 Å². The first-order chi connectivity index (χ1) is 24.2. The lowest BCUT2D eigenvalue weighted by Crippen LogP contribution is -2.45. The van der Waals surface area contributed by atoms with Crippen LogP contribution in [0.1, 0.15) is 174 Å². The van der Waals surface area contributed by atoms with Crippen LogP contribution in [0.3, 0.4) is 0 Å². The molecule has 4 heteroatoms. The molecule has 0 aliphatic heterocycles. The molecule has 0 spiro atoms. The normalized spacial score (nSPS) is 14.0. The Kier molecular flexibility index (Phi) is 38.0. The second-order valence-electron chi connectivity index (χ2n) is 13.3. The Hall–Kier alpha value is -2.43. The number of hydrogen-bond donors (Lipinski definition) is 3. The summed E-state index contributed by atoms with van der Waals surface area (Å²) in [4.78, 5) is 12.3. The monoisotopic (exact) mass is 680 g/mol. The van der Waals surface area contributed by atoms with Gasteiger partial charge >= 0.3 is 0 Å². The molecule has 49 heavy (non-hydrogen) atoms. The Morgan fingerprint density at radius 2 is 0.918 bits per heavy atom. The van der Waals surface area contributed by atoms with Crippen LogP contribution in [0.5, 0.6) is 0 Å². The van der Waals surface area contributed by atoms with Gasteiger partial charge in [0.25, 0.3) is 0 Å². The first-order valence-electron chi connectivity index (χ1n) is 20.3. The summed E-state index contributed by atoms with van der Waals surface area (Å²) in [6.45, 7) is 4.13. The topological polar surface area (TPSA) is 69.6 Å². The quantitative estimate of drug-likeness (QED) is 0.0461. The van der Waals surface area contributed by atoms with E-state index in [9.17, 15) is 15.0 Å². The number of carbonyl (C=O) groups excluding carboxylic acids is 1. The largest absolute Gasteiger partial charge is 0.394 e. The molecule has 0 aliphatic carbocycles. The van der Waals surface area contributed by atoms with Gasteiger partial charge in [0.15, 0.2) is 0 Å². The van der Waals surface area contributed by atoms with Crippen molar-refractivity contribution >= 4 is 5.91 Å². The Balaban J connectivity index is 3.60. The first-order valence-corrected chi connectivity index (χ1v) is 20.3. The summed E-state index contributed by atoms with van der Waals surface area (Å²) in [5, 5.41) is 22.8. The van der Waals surface area contributed by atoms with Crippen LogP contribution in [0.15, 0.2) is 85.1 Å². The Morgan fingerprint density at radius 1 is 0.510 bits per heavy atom. The zero-order valence-corrected chi connectivity index (χ0v) is 31.9. The average Bonchev–Trinajstić information content (AvgIpc) is 3.10. The molecule has 0 bridgehead atoms. The van der Waals surface area contributed by atoms with Gasteiger partial charge in [0.1, 0.15) is 0 Å². The van der Waals surface area contributed by atoms with Crippen LogP contribution in [0.25, 0.3) is 0 Å². The van der Waals surface area contributed by atoms with Crippen LogP contribution in [0.2, 0.25) is 0 Å². The molecule has 0 heterocycles. The van der Waals surface area contributed by atoms with Crippen molar-refractivity contribution in [3.8, 4) is 0 Å². The van der Waals surface area contributed by atoms with Gasteiger partial charge in [-0.3, -0.25) is 4.79 Å². The van der Waals surface area contributed by atoms with Crippen molar-refractivity contribution < 1.29 is 15.0 Å². The Morgan fingerprint density at radius 3 is 1.43 bits per heavy atom. The second kappa shape index (κ2) is 40.0. The molecular weight excluding hydrogens is 602 g/mol. The number of hydrogen-bond acceptors (Lipinski definition) is 3. The summed E-state index contributed by atoms with van der Waals surface area (Å²) in [7, 11) is 0. The molecule has 0 fully saturated rings. The maximum Gasteiger partial charge on any atom is 0.220 e. The zero-order chi connectivity index (χ0) is 35.7. The third-order valence-electron chi connectivity index (χ3n) is 8.61. The predicted molar refractivity (Wildman–Crippen MR) is 216 cm³/mol. The molecule has 0 saturated carbocycles. The van der Waals surface area contributed by atoms with Crippen LogP contribution in [0, 0.1) is 0 Å². The summed E-state index contributed by atoms with van der Waals surface area (Å²) in [6.07, 6.45) is 58.3. The van der Waals surface area contributed by atoms with Crippen molar-refractivity contribution in [2.45, 2.75) is 187 Å². The number of nitrogens with one attached hydrogen (secondary N) is 1. The van der Waals surface area contributed by atoms with E-state index in [2.05, 4.69) is 92.1 Å². The van der Waals surface area contributed by atoms with Gasteiger partial charge in [-0.2, -0.15) is 0 Å². The number of allylic oxidation sites excluding steroid dienone is 13. The highest BCUT2D eigenvalue weighted by Crippen LogP contribution is 2.13. The SMILES string of the molecule is CC/C=C\C/C=C\C/C=C\C/C=C\C/C=C\CCCCCCCCCCCCCC(=O)NC(CO)C(O)/C=C/CC/C=C/CCCCCC. The molecule has 0 aromatic rings. The van der Waals surface area contributed by atoms with E-state index >= 15 is 0 Å². The lowest BCUT2D eigenvalue weighted by molar-refractivity contribution is -0.123. The number of rotatable bonds is 35. The third kappa shape index (κ3) is 36.7. The summed E-state index contributed by atoms with van der Waals surface area (Å²) in [5.74, 6) is -0.0844. The van der Waals surface area contributed by atoms with Crippen LogP contribution in [0.4, 0.5) is 0 Å². The van der Waals surface area contributed by atoms with Gasteiger partial charge in [0.2, 0.25) is 5.91 Å². The highest BCUT2D eigenvalue weighted by Gasteiger charge is 2.17. The summed E-state index contributed by atoms with van der Waals surface area (Å²) < 4.78 is 0. The maximum atomic E-state index is 12.3. The molecule has 2 unspecified atom stereocenters. The highest BCUT2D eigenvalue weighted by molar-refractivity contribution is 5.76. The van der Waals surface area contributed by atoms with Crippen molar-refractivity contribution in [3.63, 3.8) is 0 Å². The molecule has 0 aliphatic rings. The first kappa shape index (κ1) is 46.6. The maximum absolute atomic E-state index is 12.3. The van der Waals surface area contributed by atoms with Gasteiger partial charge in [-0.05, 0) is 77.0 Å². The number of amides is 1. The number of aliphatic hydroxyl groups is 2. The van der Waals surface area contributed by atoms with Gasteiger partial charge in [-0.15, -0.1) is 0 Å². The highest BCUT2D eigenvalue weighted by atomic mass is 16.3. The van der Waals surface area contributed by atoms with Crippen molar-refractivity contribution in [1.29, 1.82) is 0 Å². The lowest BCUT2D eigenvalue weighted by Gasteiger charge is -2.19. The predicted octanol–water partition coefficient (Wildman–Crippen LogP) is 12.5. The minimum absolute atomic E-state index is 0.0844. The fraction of sp³-hybridized carbons (Fsp3) is 0.667. The smallest absolute Gasteiger partial charge is 0.220 e. The van der Waals surface area contributed by atoms with E-state index in [1.165, 1.54) is 89.9 Å². The summed E-state index contributed by atoms with van der Waals surface area (Å²) in [6, 6.07) is -0.643. The molecule has 0 saturated heterocycles. The van der Waals surface area contributed by atoms with Crippen LogP contribution >= 0.6 is 0 Å². The fourth-order valence-electron chi connectivity index (χ4n) is 5.51. The van der Waals surface area contributed by atoms with Gasteiger partial charge in [-0.1, -0.05) is 176 Å². The molecule has 0 radical (unpaired) electrons. The Bertz CT molecular complexity index is 910. The minimum atomic E-state index is -0.865. The van der Waals surface area contributed by atoms with Crippen molar-refractivity contribution in [1.82, 2.24) is 5.32 Å². The van der Waals surface area contributed by atoms with Crippen molar-refractivity contribution in [2.75, 3.05) is 6.61 Å². The second-order valence-corrected chi connectivity index (χ2v) is 13.3. The van der Waals surface area contributed by atoms with E-state index in [0.29, 0.717) is 6.42 Å². The molecule has 3 N–H and O–H groups in total. The zero-order valence-electron chi connectivity index (χ0n) is 31.9. The van der Waals surface area contributed by atoms with Gasteiger partial charge in [0.05, 0.1) is 18.8 Å². The average molecular weight is 680 g/mol. The molecule has 1 amide bonds. The molecular formula is C45H77NO3. The van der Waals surface area contributed by atoms with E-state index in [1.54, 1.807) is 6.08 Å². The Labute approximate surface area is 303 Å². The lowest BCUT2D eigenvalue weighted by atomic mass is 10.0. The van der Waals surface area contributed by atoms with Crippen LogP contribution in [-0.4, -0.2) is 34.9 Å². The number of carbonyl (C=O) groups is 1. The molecule has 4 nitrogen and oxygen atoms in total. The third-order valence-corrected chi connectivity index (χ3v) is 8.61.